The molecule has 1 aromatic rings. The fraction of sp³-hybridized carbons (Fsp3) is 0.125. The minimum Gasteiger partial charge on any atom is -0.375 e. The van der Waals surface area contributed by atoms with Crippen LogP contribution in [-0.4, -0.2) is 9.04 Å². The molecule has 1 aromatic carbocycles. The zero-order valence-electron chi connectivity index (χ0n) is 7.01. The molecule has 6 heteroatoms. The molecule has 0 heterocycles. The van der Waals surface area contributed by atoms with Crippen LogP contribution in [-0.2, 0) is 6.54 Å². The lowest BCUT2D eigenvalue weighted by Crippen LogP contribution is -2.26. The van der Waals surface area contributed by atoms with E-state index >= 15 is 0 Å². The van der Waals surface area contributed by atoms with Crippen molar-refractivity contribution in [1.82, 2.24) is 3.93 Å². The first-order chi connectivity index (χ1) is 6.52. The topological polar surface area (TPSA) is 29.3 Å². The van der Waals surface area contributed by atoms with Crippen molar-refractivity contribution < 1.29 is 8.78 Å². The summed E-state index contributed by atoms with van der Waals surface area (Å²) in [5.41, 5.74) is 5.46. The summed E-state index contributed by atoms with van der Waals surface area (Å²) in [6.07, 6.45) is 0. The first kappa shape index (κ1) is 11.3. The van der Waals surface area contributed by atoms with Gasteiger partial charge in [-0.05, 0) is 18.3 Å². The van der Waals surface area contributed by atoms with Gasteiger partial charge in [0.1, 0.15) is 0 Å². The van der Waals surface area contributed by atoms with Gasteiger partial charge in [-0.25, -0.2) is 8.78 Å². The van der Waals surface area contributed by atoms with Crippen molar-refractivity contribution in [3.05, 3.63) is 35.4 Å². The third kappa shape index (κ3) is 2.62. The third-order valence-corrected chi connectivity index (χ3v) is 2.67. The largest absolute Gasteiger partial charge is 0.375 e. The molecule has 1 rings (SSSR count). The predicted molar refractivity (Wildman–Crippen MR) is 57.6 cm³/mol. The maximum atomic E-state index is 13.1. The van der Waals surface area contributed by atoms with E-state index in [0.29, 0.717) is 0 Å². The van der Waals surface area contributed by atoms with E-state index < -0.39 is 11.6 Å². The van der Waals surface area contributed by atoms with E-state index in [0.717, 1.165) is 6.07 Å². The Kier molecular flexibility index (Phi) is 3.77. The number of hydrogen-bond acceptors (Lipinski definition) is 1. The molecule has 0 aliphatic carbocycles. The van der Waals surface area contributed by atoms with Crippen LogP contribution in [0.1, 0.15) is 5.56 Å². The monoisotopic (exact) mass is 280 g/mol. The van der Waals surface area contributed by atoms with Crippen molar-refractivity contribution in [3.8, 4) is 0 Å². The molecule has 0 saturated heterocycles. The molecule has 0 aliphatic heterocycles. The van der Waals surface area contributed by atoms with Gasteiger partial charge in [-0.15, -0.1) is 0 Å². The maximum Gasteiger partial charge on any atom is 0.176 e. The highest BCUT2D eigenvalue weighted by Gasteiger charge is 2.10. The first-order valence-corrected chi connectivity index (χ1v) is 4.79. The summed E-state index contributed by atoms with van der Waals surface area (Å²) in [5, 5.41) is 0.0636. The quantitative estimate of drug-likeness (QED) is 0.666. The Morgan fingerprint density at radius 2 is 2.14 bits per heavy atom. The van der Waals surface area contributed by atoms with Gasteiger partial charge in [0.2, 0.25) is 0 Å². The molecule has 14 heavy (non-hydrogen) atoms. The average molecular weight is 281 g/mol. The zero-order valence-corrected chi connectivity index (χ0v) is 9.41. The van der Waals surface area contributed by atoms with Crippen LogP contribution in [0.15, 0.2) is 18.2 Å². The van der Waals surface area contributed by atoms with Gasteiger partial charge in [0, 0.05) is 5.56 Å². The van der Waals surface area contributed by atoms with Gasteiger partial charge in [-0.3, -0.25) is 3.93 Å². The van der Waals surface area contributed by atoms with Crippen molar-refractivity contribution in [2.24, 2.45) is 5.73 Å². The summed E-state index contributed by atoms with van der Waals surface area (Å²) < 4.78 is 27.2. The van der Waals surface area contributed by atoms with E-state index in [4.69, 9.17) is 5.73 Å². The van der Waals surface area contributed by atoms with Crippen molar-refractivity contribution in [3.63, 3.8) is 0 Å². The fourth-order valence-corrected chi connectivity index (χ4v) is 1.23. The smallest absolute Gasteiger partial charge is 0.176 e. The number of halogens is 3. The second-order valence-electron chi connectivity index (χ2n) is 2.57. The van der Waals surface area contributed by atoms with Crippen molar-refractivity contribution >= 4 is 33.5 Å². The summed E-state index contributed by atoms with van der Waals surface area (Å²) in [7, 11) is 0. The molecule has 0 saturated carbocycles. The molecule has 0 spiro atoms. The van der Waals surface area contributed by atoms with Gasteiger partial charge >= 0.3 is 0 Å². The zero-order chi connectivity index (χ0) is 10.7. The lowest BCUT2D eigenvalue weighted by molar-refractivity contribution is 0.490. The Labute approximate surface area is 94.0 Å². The second kappa shape index (κ2) is 4.65. The number of rotatable bonds is 2. The van der Waals surface area contributed by atoms with E-state index in [1.54, 1.807) is 0 Å². The van der Waals surface area contributed by atoms with Gasteiger partial charge in [0.05, 0.1) is 22.7 Å². The molecular weight excluding hydrogens is 274 g/mol. The molecule has 0 unspecified atom stereocenters. The van der Waals surface area contributed by atoms with Gasteiger partial charge in [-0.1, -0.05) is 12.1 Å². The Morgan fingerprint density at radius 1 is 1.50 bits per heavy atom. The van der Waals surface area contributed by atoms with Crippen LogP contribution in [0.4, 0.5) is 8.78 Å². The summed E-state index contributed by atoms with van der Waals surface area (Å²) in [4.78, 5) is 0. The van der Waals surface area contributed by atoms with Gasteiger partial charge in [-0.2, -0.15) is 0 Å². The normalized spacial score (nSPS) is 9.93. The molecule has 76 valence electrons. The van der Waals surface area contributed by atoms with Crippen LogP contribution in [0.5, 0.6) is 0 Å². The Hall–Kier alpha value is -0.750. The third-order valence-electron chi connectivity index (χ3n) is 1.58. The number of benzene rings is 1. The SMILES string of the molecule is NC(=S)N(Br)Cc1cccc(F)c1F. The fourth-order valence-electron chi connectivity index (χ4n) is 0.898. The number of nitrogens with two attached hydrogens (primary N) is 1. The van der Waals surface area contributed by atoms with Crippen molar-refractivity contribution in [1.29, 1.82) is 0 Å². The van der Waals surface area contributed by atoms with Crippen LogP contribution in [0.25, 0.3) is 0 Å². The molecule has 0 amide bonds. The Morgan fingerprint density at radius 3 is 2.71 bits per heavy atom. The van der Waals surface area contributed by atoms with Gasteiger partial charge < -0.3 is 5.73 Å². The highest BCUT2D eigenvalue weighted by atomic mass is 79.9. The summed E-state index contributed by atoms with van der Waals surface area (Å²) >= 11 is 7.65. The van der Waals surface area contributed by atoms with Crippen LogP contribution >= 0.6 is 28.4 Å². The predicted octanol–water partition coefficient (Wildman–Crippen LogP) is 2.32. The van der Waals surface area contributed by atoms with Gasteiger partial charge in [0.25, 0.3) is 0 Å². The van der Waals surface area contributed by atoms with E-state index in [1.807, 2.05) is 0 Å². The summed E-state index contributed by atoms with van der Waals surface area (Å²) in [6, 6.07) is 3.94. The van der Waals surface area contributed by atoms with Gasteiger partial charge in [0.15, 0.2) is 16.7 Å². The molecule has 0 fully saturated rings. The maximum absolute atomic E-state index is 13.1. The van der Waals surface area contributed by atoms with Crippen LogP contribution in [0.3, 0.4) is 0 Å². The van der Waals surface area contributed by atoms with E-state index in [1.165, 1.54) is 16.1 Å². The molecule has 0 bridgehead atoms. The summed E-state index contributed by atoms with van der Waals surface area (Å²) in [6.45, 7) is 0.0823. The molecule has 2 nitrogen and oxygen atoms in total. The molecule has 0 aliphatic rings. The molecule has 2 N–H and O–H groups in total. The first-order valence-electron chi connectivity index (χ1n) is 3.68. The molecule has 0 atom stereocenters. The lowest BCUT2D eigenvalue weighted by Gasteiger charge is -2.14. The van der Waals surface area contributed by atoms with E-state index in [-0.39, 0.29) is 17.2 Å². The number of hydrogen-bond donors (Lipinski definition) is 1. The highest BCUT2D eigenvalue weighted by molar-refractivity contribution is 9.07. The Balaban J connectivity index is 2.87. The van der Waals surface area contributed by atoms with Crippen molar-refractivity contribution in [2.75, 3.05) is 0 Å². The average Bonchev–Trinajstić information content (AvgIpc) is 2.12. The van der Waals surface area contributed by atoms with Crippen LogP contribution < -0.4 is 5.73 Å². The Bertz CT molecular complexity index is 359. The van der Waals surface area contributed by atoms with E-state index in [2.05, 4.69) is 28.4 Å². The van der Waals surface area contributed by atoms with E-state index in [9.17, 15) is 8.78 Å². The molecule has 0 aromatic heterocycles. The summed E-state index contributed by atoms with van der Waals surface area (Å²) in [5.74, 6) is -1.76. The second-order valence-corrected chi connectivity index (χ2v) is 3.85. The minimum atomic E-state index is -0.883. The van der Waals surface area contributed by atoms with Crippen LogP contribution in [0.2, 0.25) is 0 Å². The van der Waals surface area contributed by atoms with Crippen LogP contribution in [0, 0.1) is 11.6 Å². The molecular formula is C8H7BrF2N2S. The lowest BCUT2D eigenvalue weighted by atomic mass is 10.2. The number of nitrogens with zero attached hydrogens (tertiary/aromatic N) is 1. The van der Waals surface area contributed by atoms with Crippen molar-refractivity contribution in [2.45, 2.75) is 6.54 Å². The molecule has 0 radical (unpaired) electrons. The standard InChI is InChI=1S/C8H7BrF2N2S/c9-13(8(12)14)4-5-2-1-3-6(10)7(5)11/h1-3H,4H2,(H2,12,14). The number of thiocarbonyl (C=S) groups is 1. The minimum absolute atomic E-state index is 0.0636. The highest BCUT2D eigenvalue weighted by Crippen LogP contribution is 2.15.